The maximum Gasteiger partial charge on any atom is 0.170 e. The van der Waals surface area contributed by atoms with Gasteiger partial charge in [-0.3, -0.25) is 4.98 Å². The van der Waals surface area contributed by atoms with Crippen LogP contribution in [-0.4, -0.2) is 38.8 Å². The summed E-state index contributed by atoms with van der Waals surface area (Å²) in [4.78, 5) is 6.76. The van der Waals surface area contributed by atoms with Gasteiger partial charge < -0.3 is 19.5 Å². The van der Waals surface area contributed by atoms with Crippen LogP contribution in [0.5, 0.6) is 0 Å². The molecule has 5 rings (SSSR count). The summed E-state index contributed by atoms with van der Waals surface area (Å²) in [5, 5.41) is 4.13. The standard InChI is InChI=1S/C23H23FN4OS/c24-17-8-1-2-10-19(17)27-13-5-11-20(27)22-21(18-9-3-4-12-25-18)26-23(30)28(22)15-16-7-6-14-29-16/h1-5,8-13,16,21-22H,6-7,14-15H2,(H,26,30)/t16-,21-,22+/m0/s1. The Morgan fingerprint density at radius 1 is 1.13 bits per heavy atom. The third-order valence-corrected chi connectivity index (χ3v) is 6.17. The van der Waals surface area contributed by atoms with Gasteiger partial charge in [-0.2, -0.15) is 0 Å². The second-order valence-electron chi connectivity index (χ2n) is 7.67. The molecule has 7 heteroatoms. The summed E-state index contributed by atoms with van der Waals surface area (Å²) in [5.41, 5.74) is 2.38. The Kier molecular flexibility index (Phi) is 5.23. The zero-order valence-electron chi connectivity index (χ0n) is 16.4. The van der Waals surface area contributed by atoms with Crippen LogP contribution in [0.3, 0.4) is 0 Å². The number of nitrogens with one attached hydrogen (secondary N) is 1. The van der Waals surface area contributed by atoms with Gasteiger partial charge in [-0.25, -0.2) is 4.39 Å². The minimum Gasteiger partial charge on any atom is -0.376 e. The molecule has 3 aromatic rings. The smallest absolute Gasteiger partial charge is 0.170 e. The van der Waals surface area contributed by atoms with Crippen molar-refractivity contribution in [3.05, 3.63) is 84.2 Å². The number of hydrogen-bond donors (Lipinski definition) is 1. The molecule has 0 bridgehead atoms. The van der Waals surface area contributed by atoms with Crippen LogP contribution >= 0.6 is 12.2 Å². The first-order valence-electron chi connectivity index (χ1n) is 10.2. The van der Waals surface area contributed by atoms with Gasteiger partial charge in [-0.15, -0.1) is 0 Å². The van der Waals surface area contributed by atoms with Gasteiger partial charge >= 0.3 is 0 Å². The Balaban J connectivity index is 1.58. The van der Waals surface area contributed by atoms with Crippen LogP contribution in [0.1, 0.15) is 36.3 Å². The van der Waals surface area contributed by atoms with Gasteiger partial charge in [0.1, 0.15) is 5.82 Å². The quantitative estimate of drug-likeness (QED) is 0.626. The normalized spacial score (nSPS) is 23.7. The lowest BCUT2D eigenvalue weighted by molar-refractivity contribution is 0.0836. The topological polar surface area (TPSA) is 42.3 Å². The summed E-state index contributed by atoms with van der Waals surface area (Å²) in [6.45, 7) is 1.49. The Hall–Kier alpha value is -2.77. The molecule has 0 spiro atoms. The Morgan fingerprint density at radius 2 is 2.00 bits per heavy atom. The van der Waals surface area contributed by atoms with Gasteiger partial charge in [-0.05, 0) is 61.5 Å². The van der Waals surface area contributed by atoms with Crippen LogP contribution < -0.4 is 5.32 Å². The third kappa shape index (κ3) is 3.48. The highest BCUT2D eigenvalue weighted by Gasteiger charge is 2.42. The Bertz CT molecular complexity index is 1030. The van der Waals surface area contributed by atoms with Gasteiger partial charge in [0.15, 0.2) is 5.11 Å². The van der Waals surface area contributed by atoms with Crippen LogP contribution in [0, 0.1) is 5.82 Å². The zero-order chi connectivity index (χ0) is 20.5. The summed E-state index contributed by atoms with van der Waals surface area (Å²) >= 11 is 5.74. The minimum absolute atomic E-state index is 0.133. The van der Waals surface area contributed by atoms with E-state index in [1.165, 1.54) is 6.07 Å². The number of hydrogen-bond acceptors (Lipinski definition) is 3. The minimum atomic E-state index is -0.261. The number of rotatable bonds is 5. The van der Waals surface area contributed by atoms with Crippen LogP contribution in [0.25, 0.3) is 5.69 Å². The van der Waals surface area contributed by atoms with E-state index < -0.39 is 0 Å². The molecule has 154 valence electrons. The van der Waals surface area contributed by atoms with Crippen molar-refractivity contribution in [2.75, 3.05) is 13.2 Å². The van der Waals surface area contributed by atoms with E-state index in [4.69, 9.17) is 17.0 Å². The highest BCUT2D eigenvalue weighted by molar-refractivity contribution is 7.80. The molecule has 4 heterocycles. The summed E-state index contributed by atoms with van der Waals surface area (Å²) in [6.07, 6.45) is 5.92. The van der Waals surface area contributed by atoms with Crippen molar-refractivity contribution in [2.45, 2.75) is 31.0 Å². The van der Waals surface area contributed by atoms with Crippen molar-refractivity contribution in [3.8, 4) is 5.69 Å². The molecule has 3 atom stereocenters. The van der Waals surface area contributed by atoms with Gasteiger partial charge in [0.25, 0.3) is 0 Å². The average Bonchev–Trinajstić information content (AvgIpc) is 3.51. The maximum atomic E-state index is 14.6. The van der Waals surface area contributed by atoms with Gasteiger partial charge in [0.2, 0.25) is 0 Å². The summed E-state index contributed by atoms with van der Waals surface area (Å²) in [5.74, 6) is -0.261. The summed E-state index contributed by atoms with van der Waals surface area (Å²) in [6, 6.07) is 16.4. The second-order valence-corrected chi connectivity index (χ2v) is 8.06. The molecule has 0 saturated carbocycles. The van der Waals surface area contributed by atoms with Gasteiger partial charge in [0, 0.05) is 31.2 Å². The van der Waals surface area contributed by atoms with Crippen LogP contribution in [-0.2, 0) is 4.74 Å². The first-order chi connectivity index (χ1) is 14.7. The fraction of sp³-hybridized carbons (Fsp3) is 0.304. The molecule has 0 aliphatic carbocycles. The molecule has 0 radical (unpaired) electrons. The van der Waals surface area contributed by atoms with Gasteiger partial charge in [-0.1, -0.05) is 18.2 Å². The zero-order valence-corrected chi connectivity index (χ0v) is 17.3. The molecule has 2 aliphatic heterocycles. The molecule has 2 aliphatic rings. The van der Waals surface area contributed by atoms with E-state index in [1.807, 2.05) is 47.2 Å². The third-order valence-electron chi connectivity index (χ3n) is 5.82. The van der Waals surface area contributed by atoms with Crippen molar-refractivity contribution in [1.82, 2.24) is 19.8 Å². The highest BCUT2D eigenvalue weighted by atomic mass is 32.1. The highest BCUT2D eigenvalue weighted by Crippen LogP contribution is 2.40. The molecule has 1 aromatic carbocycles. The number of ether oxygens (including phenoxy) is 1. The predicted octanol–water partition coefficient (Wildman–Crippen LogP) is 4.16. The van der Waals surface area contributed by atoms with Crippen LogP contribution in [0.4, 0.5) is 4.39 Å². The number of thiocarbonyl (C=S) groups is 1. The fourth-order valence-corrected chi connectivity index (χ4v) is 4.75. The first-order valence-corrected chi connectivity index (χ1v) is 10.6. The van der Waals surface area contributed by atoms with Crippen molar-refractivity contribution >= 4 is 17.3 Å². The molecule has 0 amide bonds. The molecule has 5 nitrogen and oxygen atoms in total. The van der Waals surface area contributed by atoms with Crippen molar-refractivity contribution in [3.63, 3.8) is 0 Å². The Morgan fingerprint density at radius 3 is 2.77 bits per heavy atom. The monoisotopic (exact) mass is 422 g/mol. The van der Waals surface area contributed by atoms with E-state index >= 15 is 0 Å². The van der Waals surface area contributed by atoms with Crippen LogP contribution in [0.15, 0.2) is 67.0 Å². The molecular weight excluding hydrogens is 399 g/mol. The number of pyridine rings is 1. The predicted molar refractivity (Wildman–Crippen MR) is 117 cm³/mol. The second kappa shape index (κ2) is 8.16. The largest absolute Gasteiger partial charge is 0.376 e. The lowest BCUT2D eigenvalue weighted by atomic mass is 10.0. The van der Waals surface area contributed by atoms with Crippen LogP contribution in [0.2, 0.25) is 0 Å². The van der Waals surface area contributed by atoms with E-state index in [1.54, 1.807) is 18.3 Å². The number of halogens is 1. The molecule has 2 fully saturated rings. The first kappa shape index (κ1) is 19.2. The van der Waals surface area contributed by atoms with Crippen molar-refractivity contribution in [2.24, 2.45) is 0 Å². The molecular formula is C23H23FN4OS. The molecule has 2 saturated heterocycles. The number of aromatic nitrogens is 2. The number of nitrogens with zero attached hydrogens (tertiary/aromatic N) is 3. The number of benzene rings is 1. The maximum absolute atomic E-state index is 14.6. The summed E-state index contributed by atoms with van der Waals surface area (Å²) < 4.78 is 22.4. The van der Waals surface area contributed by atoms with Crippen molar-refractivity contribution in [1.29, 1.82) is 0 Å². The lowest BCUT2D eigenvalue weighted by Crippen LogP contribution is -2.36. The van der Waals surface area contributed by atoms with Gasteiger partial charge in [0.05, 0.1) is 29.6 Å². The molecule has 2 aromatic heterocycles. The van der Waals surface area contributed by atoms with Crippen molar-refractivity contribution < 1.29 is 9.13 Å². The van der Waals surface area contributed by atoms with E-state index in [0.717, 1.165) is 30.8 Å². The van der Waals surface area contributed by atoms with E-state index in [2.05, 4.69) is 15.2 Å². The molecule has 1 N–H and O–H groups in total. The fourth-order valence-electron chi connectivity index (χ4n) is 4.43. The number of para-hydroxylation sites is 1. The van der Waals surface area contributed by atoms with E-state index in [-0.39, 0.29) is 24.0 Å². The average molecular weight is 423 g/mol. The molecule has 0 unspecified atom stereocenters. The van der Waals surface area contributed by atoms with E-state index in [9.17, 15) is 4.39 Å². The molecule has 30 heavy (non-hydrogen) atoms. The lowest BCUT2D eigenvalue weighted by Gasteiger charge is -2.30. The Labute approximate surface area is 180 Å². The SMILES string of the molecule is Fc1ccccc1-n1cccc1[C@@H]1[C@H](c2ccccn2)NC(=S)N1C[C@@H]1CCCO1. The summed E-state index contributed by atoms with van der Waals surface area (Å²) in [7, 11) is 0. The van der Waals surface area contributed by atoms with E-state index in [0.29, 0.717) is 17.3 Å².